The van der Waals surface area contributed by atoms with Crippen LogP contribution in [0.4, 0.5) is 10.1 Å². The molecule has 0 unspecified atom stereocenters. The second-order valence-electron chi connectivity index (χ2n) is 7.81. The van der Waals surface area contributed by atoms with E-state index in [2.05, 4.69) is 15.6 Å². The van der Waals surface area contributed by atoms with Gasteiger partial charge in [-0.15, -0.1) is 0 Å². The molecule has 0 saturated carbocycles. The average molecular weight is 495 g/mol. The summed E-state index contributed by atoms with van der Waals surface area (Å²) in [6.07, 6.45) is 12.3. The highest BCUT2D eigenvalue weighted by atomic mass is 35.5. The van der Waals surface area contributed by atoms with Crippen LogP contribution in [0, 0.1) is 5.82 Å². The Morgan fingerprint density at radius 3 is 2.69 bits per heavy atom. The topological polar surface area (TPSA) is 75.5 Å². The number of hydrogen-bond acceptors (Lipinski definition) is 4. The number of aromatic nitrogens is 2. The molecule has 1 aliphatic rings. The number of carbonyl (C=O) groups is 2. The molecule has 0 atom stereocenters. The van der Waals surface area contributed by atoms with Crippen molar-refractivity contribution < 1.29 is 14.0 Å². The smallest absolute Gasteiger partial charge is 0.270 e. The summed E-state index contributed by atoms with van der Waals surface area (Å²) in [4.78, 5) is 27.9. The van der Waals surface area contributed by atoms with Crippen LogP contribution in [-0.2, 0) is 11.2 Å². The fourth-order valence-corrected chi connectivity index (χ4v) is 3.69. The maximum atomic E-state index is 12.8. The summed E-state index contributed by atoms with van der Waals surface area (Å²) in [5.74, 6) is -0.384. The number of pyridine rings is 1. The lowest BCUT2D eigenvalue weighted by atomic mass is 10.1. The van der Waals surface area contributed by atoms with Crippen molar-refractivity contribution in [2.24, 2.45) is 0 Å². The summed E-state index contributed by atoms with van der Waals surface area (Å²) in [6, 6.07) is 9.79. The Labute approximate surface area is 209 Å². The van der Waals surface area contributed by atoms with Gasteiger partial charge >= 0.3 is 0 Å². The molecule has 182 valence electrons. The number of allylic oxidation sites excluding steroid dienone is 4. The van der Waals surface area contributed by atoms with Crippen molar-refractivity contribution in [1.29, 1.82) is 0 Å². The minimum absolute atomic E-state index is 0.184. The van der Waals surface area contributed by atoms with Gasteiger partial charge in [-0.2, -0.15) is 0 Å². The van der Waals surface area contributed by atoms with Gasteiger partial charge in [0.25, 0.3) is 5.91 Å². The number of benzene rings is 1. The molecule has 0 bridgehead atoms. The number of imidazole rings is 1. The van der Waals surface area contributed by atoms with Gasteiger partial charge in [0.05, 0.1) is 10.7 Å². The number of nitrogens with zero attached hydrogens (tertiary/aromatic N) is 2. The first-order chi connectivity index (χ1) is 16.9. The van der Waals surface area contributed by atoms with Crippen LogP contribution < -0.4 is 10.6 Å². The van der Waals surface area contributed by atoms with Gasteiger partial charge in [-0.05, 0) is 54.8 Å². The van der Waals surface area contributed by atoms with Gasteiger partial charge in [-0.3, -0.25) is 9.20 Å². The molecule has 0 radical (unpaired) electrons. The lowest BCUT2D eigenvalue weighted by Gasteiger charge is -2.08. The fraction of sp³-hybridized carbons (Fsp3) is 0.222. The number of nitrogens with one attached hydrogen (secondary N) is 2. The number of anilines is 1. The van der Waals surface area contributed by atoms with E-state index in [9.17, 15) is 14.0 Å². The van der Waals surface area contributed by atoms with Gasteiger partial charge in [0.1, 0.15) is 23.4 Å². The predicted octanol–water partition coefficient (Wildman–Crippen LogP) is 5.55. The fourth-order valence-electron chi connectivity index (χ4n) is 3.53. The van der Waals surface area contributed by atoms with E-state index in [-0.39, 0.29) is 11.7 Å². The van der Waals surface area contributed by atoms with Gasteiger partial charge in [-0.25, -0.2) is 9.37 Å². The molecule has 1 aliphatic carbocycles. The third kappa shape index (κ3) is 7.13. The van der Waals surface area contributed by atoms with Gasteiger partial charge in [0.15, 0.2) is 0 Å². The zero-order valence-electron chi connectivity index (χ0n) is 19.7. The number of halogens is 2. The van der Waals surface area contributed by atoms with Gasteiger partial charge in [-0.1, -0.05) is 48.4 Å². The van der Waals surface area contributed by atoms with Crippen LogP contribution in [0.1, 0.15) is 35.9 Å². The van der Waals surface area contributed by atoms with Crippen LogP contribution in [-0.4, -0.2) is 35.2 Å². The van der Waals surface area contributed by atoms with Crippen molar-refractivity contribution >= 4 is 35.1 Å². The van der Waals surface area contributed by atoms with Crippen molar-refractivity contribution in [3.8, 4) is 0 Å². The van der Waals surface area contributed by atoms with Gasteiger partial charge < -0.3 is 15.4 Å². The summed E-state index contributed by atoms with van der Waals surface area (Å²) >= 11 is 6.07. The molecular formula is C27H28ClFN4O2. The van der Waals surface area contributed by atoms with E-state index < -0.39 is 0 Å². The third-order valence-electron chi connectivity index (χ3n) is 5.40. The van der Waals surface area contributed by atoms with Crippen LogP contribution in [0.15, 0.2) is 78.0 Å². The monoisotopic (exact) mass is 494 g/mol. The molecule has 2 aromatic heterocycles. The minimum atomic E-state index is -0.200. The average Bonchev–Trinajstić information content (AvgIpc) is 3.08. The molecule has 0 spiro atoms. The normalized spacial score (nSPS) is 12.7. The lowest BCUT2D eigenvalue weighted by molar-refractivity contribution is -0.107. The number of amides is 1. The first kappa shape index (κ1) is 25.9. The number of carbonyl (C=O) groups excluding carboxylic acids is 2. The maximum Gasteiger partial charge on any atom is 0.270 e. The minimum Gasteiger partial charge on any atom is -0.388 e. The highest BCUT2D eigenvalue weighted by molar-refractivity contribution is 6.30. The Balaban J connectivity index is 0.000000320. The van der Waals surface area contributed by atoms with Crippen LogP contribution in [0.2, 0.25) is 5.02 Å². The molecular weight excluding hydrogens is 467 g/mol. The Morgan fingerprint density at radius 2 is 2.00 bits per heavy atom. The second-order valence-corrected chi connectivity index (χ2v) is 8.25. The Kier molecular flexibility index (Phi) is 9.38. The molecule has 0 saturated heterocycles. The van der Waals surface area contributed by atoms with E-state index >= 15 is 0 Å². The largest absolute Gasteiger partial charge is 0.388 e. The summed E-state index contributed by atoms with van der Waals surface area (Å²) in [5.41, 5.74) is 4.94. The van der Waals surface area contributed by atoms with Crippen LogP contribution >= 0.6 is 11.6 Å². The number of fused-ring (bicyclic) bond motifs is 1. The van der Waals surface area contributed by atoms with Gasteiger partial charge in [0.2, 0.25) is 0 Å². The Morgan fingerprint density at radius 1 is 1.23 bits per heavy atom. The summed E-state index contributed by atoms with van der Waals surface area (Å²) in [6.45, 7) is 2.38. The molecule has 6 nitrogen and oxygen atoms in total. The van der Waals surface area contributed by atoms with E-state index in [1.165, 1.54) is 12.1 Å². The molecule has 1 amide bonds. The third-order valence-corrected chi connectivity index (χ3v) is 5.63. The quantitative estimate of drug-likeness (QED) is 0.422. The molecule has 2 heterocycles. The van der Waals surface area contributed by atoms with E-state index in [0.29, 0.717) is 42.2 Å². The second kappa shape index (κ2) is 12.7. The van der Waals surface area contributed by atoms with Crippen LogP contribution in [0.3, 0.4) is 0 Å². The highest BCUT2D eigenvalue weighted by Gasteiger charge is 2.18. The summed E-state index contributed by atoms with van der Waals surface area (Å²) in [7, 11) is 1.80. The predicted molar refractivity (Wildman–Crippen MR) is 138 cm³/mol. The molecule has 8 heteroatoms. The zero-order chi connectivity index (χ0) is 25.2. The van der Waals surface area contributed by atoms with Crippen molar-refractivity contribution in [2.45, 2.75) is 26.2 Å². The van der Waals surface area contributed by atoms with Crippen molar-refractivity contribution in [1.82, 2.24) is 14.7 Å². The number of aryl methyl sites for hydroxylation is 1. The molecule has 35 heavy (non-hydrogen) atoms. The maximum absolute atomic E-state index is 12.8. The number of hydrogen-bond donors (Lipinski definition) is 2. The number of rotatable bonds is 7. The molecule has 3 aromatic rings. The van der Waals surface area contributed by atoms with Gasteiger partial charge in [0, 0.05) is 31.9 Å². The van der Waals surface area contributed by atoms with E-state index in [4.69, 9.17) is 11.6 Å². The van der Waals surface area contributed by atoms with E-state index in [0.717, 1.165) is 28.8 Å². The van der Waals surface area contributed by atoms with Crippen LogP contribution in [0.5, 0.6) is 0 Å². The SMILES string of the molecule is CCc1nc2ccc(Cl)cn2c1C(=O)NCC1=CCC(CC=O)=CC=C1.CNc1ccc(F)cc1. The zero-order valence-corrected chi connectivity index (χ0v) is 20.5. The molecule has 1 aromatic carbocycles. The van der Waals surface area contributed by atoms with Crippen molar-refractivity contribution in [2.75, 3.05) is 18.9 Å². The van der Waals surface area contributed by atoms with E-state index in [1.807, 2.05) is 31.2 Å². The first-order valence-corrected chi connectivity index (χ1v) is 11.7. The Bertz CT molecular complexity index is 1280. The lowest BCUT2D eigenvalue weighted by Crippen LogP contribution is -2.27. The summed E-state index contributed by atoms with van der Waals surface area (Å²) < 4.78 is 13.9. The first-order valence-electron chi connectivity index (χ1n) is 11.3. The molecule has 2 N–H and O–H groups in total. The standard InChI is InChI=1S/C20H20ClN3O2.C7H8FN/c1-2-17-19(24-13-16(21)8-9-18(24)23-17)20(26)22-12-15-5-3-4-14(6-7-15)10-11-25;1-9-7-4-2-6(8)3-5-7/h3-5,7-9,11,13H,2,6,10,12H2,1H3,(H,22,26);2-5,9H,1H3. The molecule has 4 rings (SSSR count). The molecule has 0 aliphatic heterocycles. The summed E-state index contributed by atoms with van der Waals surface area (Å²) in [5, 5.41) is 6.40. The van der Waals surface area contributed by atoms with E-state index in [1.54, 1.807) is 41.9 Å². The van der Waals surface area contributed by atoms with Crippen molar-refractivity contribution in [3.05, 3.63) is 100 Å². The van der Waals surface area contributed by atoms with Crippen molar-refractivity contribution in [3.63, 3.8) is 0 Å². The Hall–Kier alpha value is -3.71. The van der Waals surface area contributed by atoms with Crippen LogP contribution in [0.25, 0.3) is 5.65 Å². The molecule has 0 fully saturated rings. The highest BCUT2D eigenvalue weighted by Crippen LogP contribution is 2.18. The number of aldehydes is 1.